The summed E-state index contributed by atoms with van der Waals surface area (Å²) in [5.74, 6) is -1.43. The summed E-state index contributed by atoms with van der Waals surface area (Å²) in [6.45, 7) is 4.86. The SMILES string of the molecule is CCC(=O)N(C(=O)CC)S(=O)(=O)c1ccc(C)cc1. The van der Waals surface area contributed by atoms with Crippen molar-refractivity contribution >= 4 is 21.8 Å². The molecule has 0 aromatic heterocycles. The van der Waals surface area contributed by atoms with Crippen LogP contribution in [0.2, 0.25) is 0 Å². The molecule has 6 heteroatoms. The van der Waals surface area contributed by atoms with Crippen LogP contribution in [0, 0.1) is 6.92 Å². The zero-order valence-corrected chi connectivity index (χ0v) is 12.0. The molecule has 0 aliphatic carbocycles. The number of rotatable bonds is 4. The van der Waals surface area contributed by atoms with Crippen LogP contribution < -0.4 is 0 Å². The Morgan fingerprint density at radius 2 is 1.42 bits per heavy atom. The first-order valence-electron chi connectivity index (χ1n) is 6.02. The molecule has 0 aliphatic heterocycles. The second-order valence-corrected chi connectivity index (χ2v) is 5.86. The van der Waals surface area contributed by atoms with Crippen LogP contribution in [-0.4, -0.2) is 24.5 Å². The molecule has 0 fully saturated rings. The van der Waals surface area contributed by atoms with Gasteiger partial charge in [-0.2, -0.15) is 4.31 Å². The second kappa shape index (κ2) is 5.97. The molecule has 1 rings (SSSR count). The van der Waals surface area contributed by atoms with Gasteiger partial charge in [0, 0.05) is 12.8 Å². The molecule has 0 heterocycles. The van der Waals surface area contributed by atoms with E-state index in [0.717, 1.165) is 5.56 Å². The maximum absolute atomic E-state index is 12.3. The molecule has 5 nitrogen and oxygen atoms in total. The van der Waals surface area contributed by atoms with E-state index in [2.05, 4.69) is 0 Å². The van der Waals surface area contributed by atoms with E-state index >= 15 is 0 Å². The van der Waals surface area contributed by atoms with Gasteiger partial charge in [-0.25, -0.2) is 8.42 Å². The van der Waals surface area contributed by atoms with Crippen molar-refractivity contribution in [2.45, 2.75) is 38.5 Å². The number of sulfonamides is 1. The summed E-state index contributed by atoms with van der Waals surface area (Å²) in [5, 5.41) is 0. The molecule has 0 unspecified atom stereocenters. The number of imide groups is 1. The fourth-order valence-electron chi connectivity index (χ4n) is 1.51. The summed E-state index contributed by atoms with van der Waals surface area (Å²) < 4.78 is 25.0. The van der Waals surface area contributed by atoms with E-state index in [0.29, 0.717) is 4.31 Å². The van der Waals surface area contributed by atoms with Gasteiger partial charge in [0.15, 0.2) is 0 Å². The predicted molar refractivity (Wildman–Crippen MR) is 70.8 cm³/mol. The Morgan fingerprint density at radius 1 is 1.00 bits per heavy atom. The summed E-state index contributed by atoms with van der Waals surface area (Å²) in [5.41, 5.74) is 0.897. The van der Waals surface area contributed by atoms with Crippen molar-refractivity contribution in [3.05, 3.63) is 29.8 Å². The first kappa shape index (κ1) is 15.4. The van der Waals surface area contributed by atoms with Gasteiger partial charge in [0.2, 0.25) is 11.8 Å². The average Bonchev–Trinajstić information content (AvgIpc) is 2.38. The van der Waals surface area contributed by atoms with Crippen molar-refractivity contribution in [2.24, 2.45) is 0 Å². The molecule has 1 aromatic rings. The number of carbonyl (C=O) groups excluding carboxylic acids is 2. The quantitative estimate of drug-likeness (QED) is 0.845. The molecule has 2 amide bonds. The lowest BCUT2D eigenvalue weighted by molar-refractivity contribution is -0.138. The van der Waals surface area contributed by atoms with Gasteiger partial charge in [-0.1, -0.05) is 31.5 Å². The molecular weight excluding hydrogens is 266 g/mol. The van der Waals surface area contributed by atoms with Crippen LogP contribution in [0.25, 0.3) is 0 Å². The molecule has 0 radical (unpaired) electrons. The first-order valence-corrected chi connectivity index (χ1v) is 7.46. The maximum Gasteiger partial charge on any atom is 0.273 e. The Morgan fingerprint density at radius 3 is 1.79 bits per heavy atom. The fourth-order valence-corrected chi connectivity index (χ4v) is 3.00. The van der Waals surface area contributed by atoms with Gasteiger partial charge in [-0.05, 0) is 19.1 Å². The minimum atomic E-state index is -4.11. The zero-order chi connectivity index (χ0) is 14.6. The first-order chi connectivity index (χ1) is 8.84. The van der Waals surface area contributed by atoms with Crippen LogP contribution in [-0.2, 0) is 19.6 Å². The van der Waals surface area contributed by atoms with Gasteiger partial charge in [-0.15, -0.1) is 0 Å². The molecule has 0 aliphatic rings. The number of nitrogens with zero attached hydrogens (tertiary/aromatic N) is 1. The summed E-state index contributed by atoms with van der Waals surface area (Å²) in [4.78, 5) is 23.4. The Hall–Kier alpha value is -1.69. The molecule has 0 bridgehead atoms. The van der Waals surface area contributed by atoms with E-state index in [4.69, 9.17) is 0 Å². The van der Waals surface area contributed by atoms with Crippen LogP contribution in [0.15, 0.2) is 29.2 Å². The molecule has 19 heavy (non-hydrogen) atoms. The lowest BCUT2D eigenvalue weighted by atomic mass is 10.2. The van der Waals surface area contributed by atoms with Crippen molar-refractivity contribution in [2.75, 3.05) is 0 Å². The summed E-state index contributed by atoms with van der Waals surface area (Å²) in [6.07, 6.45) is -0.0896. The van der Waals surface area contributed by atoms with Crippen LogP contribution in [0.5, 0.6) is 0 Å². The fraction of sp³-hybridized carbons (Fsp3) is 0.385. The number of amides is 2. The average molecular weight is 283 g/mol. The van der Waals surface area contributed by atoms with Crippen molar-refractivity contribution in [3.63, 3.8) is 0 Å². The van der Waals surface area contributed by atoms with E-state index in [1.807, 2.05) is 6.92 Å². The molecule has 0 saturated carbocycles. The Bertz CT molecular complexity index is 559. The molecule has 0 N–H and O–H groups in total. The summed E-state index contributed by atoms with van der Waals surface area (Å²) in [7, 11) is -4.11. The second-order valence-electron chi connectivity index (χ2n) is 4.08. The van der Waals surface area contributed by atoms with Crippen LogP contribution >= 0.6 is 0 Å². The van der Waals surface area contributed by atoms with Gasteiger partial charge >= 0.3 is 0 Å². The van der Waals surface area contributed by atoms with Gasteiger partial charge < -0.3 is 0 Å². The Balaban J connectivity index is 3.31. The van der Waals surface area contributed by atoms with Crippen molar-refractivity contribution < 1.29 is 18.0 Å². The Labute approximate surface area is 113 Å². The van der Waals surface area contributed by atoms with E-state index in [9.17, 15) is 18.0 Å². The number of hydrogen-bond donors (Lipinski definition) is 0. The van der Waals surface area contributed by atoms with Crippen LogP contribution in [0.3, 0.4) is 0 Å². The van der Waals surface area contributed by atoms with Crippen LogP contribution in [0.4, 0.5) is 0 Å². The van der Waals surface area contributed by atoms with Gasteiger partial charge in [0.1, 0.15) is 0 Å². The molecule has 0 saturated heterocycles. The summed E-state index contributed by atoms with van der Waals surface area (Å²) >= 11 is 0. The predicted octanol–water partition coefficient (Wildman–Crippen LogP) is 1.86. The van der Waals surface area contributed by atoms with Gasteiger partial charge in [-0.3, -0.25) is 9.59 Å². The maximum atomic E-state index is 12.3. The largest absolute Gasteiger partial charge is 0.273 e. The highest BCUT2D eigenvalue weighted by molar-refractivity contribution is 7.90. The number of hydrogen-bond acceptors (Lipinski definition) is 4. The zero-order valence-electron chi connectivity index (χ0n) is 11.2. The number of carbonyl (C=O) groups is 2. The third kappa shape index (κ3) is 3.20. The van der Waals surface area contributed by atoms with E-state index in [1.165, 1.54) is 26.0 Å². The number of aryl methyl sites for hydroxylation is 1. The lowest BCUT2D eigenvalue weighted by Gasteiger charge is -2.19. The van der Waals surface area contributed by atoms with E-state index in [1.54, 1.807) is 12.1 Å². The highest BCUT2D eigenvalue weighted by Crippen LogP contribution is 2.18. The minimum Gasteiger partial charge on any atom is -0.273 e. The summed E-state index contributed by atoms with van der Waals surface area (Å²) in [6, 6.07) is 6.03. The topological polar surface area (TPSA) is 71.5 Å². The third-order valence-corrected chi connectivity index (χ3v) is 4.37. The smallest absolute Gasteiger partial charge is 0.273 e. The Kier molecular flexibility index (Phi) is 4.83. The van der Waals surface area contributed by atoms with Crippen molar-refractivity contribution in [3.8, 4) is 0 Å². The highest BCUT2D eigenvalue weighted by atomic mass is 32.2. The minimum absolute atomic E-state index is 0.0448. The standard InChI is InChI=1S/C13H17NO4S/c1-4-12(15)14(13(16)5-2)19(17,18)11-8-6-10(3)7-9-11/h6-9H,4-5H2,1-3H3. The molecule has 104 valence electrons. The van der Waals surface area contributed by atoms with Gasteiger partial charge in [0.05, 0.1) is 4.90 Å². The highest BCUT2D eigenvalue weighted by Gasteiger charge is 2.32. The molecule has 0 atom stereocenters. The monoisotopic (exact) mass is 283 g/mol. The number of benzene rings is 1. The molecule has 1 aromatic carbocycles. The van der Waals surface area contributed by atoms with Gasteiger partial charge in [0.25, 0.3) is 10.0 Å². The van der Waals surface area contributed by atoms with E-state index in [-0.39, 0.29) is 17.7 Å². The van der Waals surface area contributed by atoms with E-state index < -0.39 is 21.8 Å². The molecular formula is C13H17NO4S. The third-order valence-electron chi connectivity index (χ3n) is 2.62. The lowest BCUT2D eigenvalue weighted by Crippen LogP contribution is -2.41. The van der Waals surface area contributed by atoms with Crippen molar-refractivity contribution in [1.29, 1.82) is 0 Å². The van der Waals surface area contributed by atoms with Crippen LogP contribution in [0.1, 0.15) is 32.3 Å². The van der Waals surface area contributed by atoms with Crippen molar-refractivity contribution in [1.82, 2.24) is 4.31 Å². The normalized spacial score (nSPS) is 11.1. The molecule has 0 spiro atoms.